The first kappa shape index (κ1) is 9.17. The molecule has 0 saturated heterocycles. The van der Waals surface area contributed by atoms with Gasteiger partial charge in [0.2, 0.25) is 0 Å². The maximum Gasteiger partial charge on any atom is 0.0621 e. The molecule has 2 heteroatoms. The summed E-state index contributed by atoms with van der Waals surface area (Å²) < 4.78 is 0. The van der Waals surface area contributed by atoms with Gasteiger partial charge in [-0.05, 0) is 37.5 Å². The summed E-state index contributed by atoms with van der Waals surface area (Å²) in [6, 6.07) is 1.32. The lowest BCUT2D eigenvalue weighted by Crippen LogP contribution is -2.61. The molecular weight excluding hydrogens is 174 g/mol. The van der Waals surface area contributed by atoms with Gasteiger partial charge in [0.25, 0.3) is 0 Å². The fraction of sp³-hybridized carbons (Fsp3) is 1.00. The molecule has 2 N–H and O–H groups in total. The van der Waals surface area contributed by atoms with Gasteiger partial charge >= 0.3 is 0 Å². The van der Waals surface area contributed by atoms with E-state index in [-0.39, 0.29) is 11.5 Å². The van der Waals surface area contributed by atoms with Gasteiger partial charge in [-0.1, -0.05) is 13.8 Å². The first-order chi connectivity index (χ1) is 6.57. The van der Waals surface area contributed by atoms with E-state index in [4.69, 9.17) is 0 Å². The van der Waals surface area contributed by atoms with Crippen LogP contribution < -0.4 is 5.32 Å². The number of aliphatic hydroxyl groups is 1. The zero-order chi connectivity index (χ0) is 9.92. The highest BCUT2D eigenvalue weighted by atomic mass is 16.3. The molecule has 3 saturated carbocycles. The van der Waals surface area contributed by atoms with Crippen molar-refractivity contribution in [2.45, 2.75) is 57.7 Å². The van der Waals surface area contributed by atoms with Crippen LogP contribution in [0.5, 0.6) is 0 Å². The average molecular weight is 195 g/mol. The summed E-state index contributed by atoms with van der Waals surface area (Å²) in [5, 5.41) is 13.4. The van der Waals surface area contributed by atoms with E-state index in [1.54, 1.807) is 0 Å². The van der Waals surface area contributed by atoms with Crippen LogP contribution in [0, 0.1) is 17.3 Å². The molecule has 0 spiro atoms. The van der Waals surface area contributed by atoms with Crippen molar-refractivity contribution < 1.29 is 5.11 Å². The molecule has 0 heterocycles. The van der Waals surface area contributed by atoms with Gasteiger partial charge < -0.3 is 10.4 Å². The maximum absolute atomic E-state index is 9.64. The highest BCUT2D eigenvalue weighted by Crippen LogP contribution is 2.52. The Hall–Kier alpha value is -0.0800. The van der Waals surface area contributed by atoms with Crippen molar-refractivity contribution in [1.82, 2.24) is 5.32 Å². The second-order valence-electron chi connectivity index (χ2n) is 6.22. The molecule has 3 fully saturated rings. The van der Waals surface area contributed by atoms with Crippen LogP contribution in [0.1, 0.15) is 39.5 Å². The van der Waals surface area contributed by atoms with Crippen LogP contribution in [-0.2, 0) is 0 Å². The zero-order valence-corrected chi connectivity index (χ0v) is 9.16. The molecule has 3 rings (SSSR count). The first-order valence-electron chi connectivity index (χ1n) is 6.01. The number of aliphatic hydroxyl groups excluding tert-OH is 1. The molecule has 0 aliphatic heterocycles. The maximum atomic E-state index is 9.64. The molecule has 2 nitrogen and oxygen atoms in total. The first-order valence-corrected chi connectivity index (χ1v) is 6.01. The molecule has 4 unspecified atom stereocenters. The number of hydrogen-bond acceptors (Lipinski definition) is 2. The van der Waals surface area contributed by atoms with Gasteiger partial charge in [0.1, 0.15) is 0 Å². The highest BCUT2D eigenvalue weighted by molar-refractivity contribution is 5.06. The summed E-state index contributed by atoms with van der Waals surface area (Å²) in [4.78, 5) is 0. The molecule has 0 bridgehead atoms. The number of rotatable bonds is 2. The third kappa shape index (κ3) is 1.24. The van der Waals surface area contributed by atoms with E-state index in [1.165, 1.54) is 19.3 Å². The smallest absolute Gasteiger partial charge is 0.0621 e. The molecular formula is C12H21NO. The van der Waals surface area contributed by atoms with E-state index in [0.717, 1.165) is 24.3 Å². The molecule has 80 valence electrons. The molecule has 0 aromatic heterocycles. The minimum atomic E-state index is -0.0871. The number of nitrogens with one attached hydrogen (secondary N) is 1. The Morgan fingerprint density at radius 3 is 2.21 bits per heavy atom. The Balaban J connectivity index is 1.54. The third-order valence-electron chi connectivity index (χ3n) is 4.90. The van der Waals surface area contributed by atoms with Crippen LogP contribution in [-0.4, -0.2) is 23.3 Å². The van der Waals surface area contributed by atoms with E-state index in [2.05, 4.69) is 19.2 Å². The van der Waals surface area contributed by atoms with Crippen molar-refractivity contribution in [2.24, 2.45) is 17.3 Å². The Morgan fingerprint density at radius 1 is 1.07 bits per heavy atom. The molecule has 0 aromatic carbocycles. The summed E-state index contributed by atoms with van der Waals surface area (Å²) >= 11 is 0. The molecule has 14 heavy (non-hydrogen) atoms. The minimum Gasteiger partial charge on any atom is -0.392 e. The Labute approximate surface area is 86.1 Å². The molecule has 0 aromatic rings. The van der Waals surface area contributed by atoms with Gasteiger partial charge in [0.05, 0.1) is 6.10 Å². The lowest BCUT2D eigenvalue weighted by Gasteiger charge is -2.50. The fourth-order valence-corrected chi connectivity index (χ4v) is 3.32. The van der Waals surface area contributed by atoms with Crippen molar-refractivity contribution in [3.05, 3.63) is 0 Å². The van der Waals surface area contributed by atoms with Crippen LogP contribution in [0.15, 0.2) is 0 Å². The summed E-state index contributed by atoms with van der Waals surface area (Å²) in [6.07, 6.45) is 5.16. The minimum absolute atomic E-state index is 0.0871. The monoisotopic (exact) mass is 195 g/mol. The summed E-state index contributed by atoms with van der Waals surface area (Å²) in [5.74, 6) is 2.11. The Bertz CT molecular complexity index is 241. The van der Waals surface area contributed by atoms with Crippen LogP contribution in [0.4, 0.5) is 0 Å². The van der Waals surface area contributed by atoms with E-state index in [1.807, 2.05) is 0 Å². The van der Waals surface area contributed by atoms with E-state index in [0.29, 0.717) is 6.04 Å². The molecule has 0 radical (unpaired) electrons. The van der Waals surface area contributed by atoms with Crippen LogP contribution in [0.3, 0.4) is 0 Å². The lowest BCUT2D eigenvalue weighted by molar-refractivity contribution is -0.0760. The predicted molar refractivity (Wildman–Crippen MR) is 55.9 cm³/mol. The van der Waals surface area contributed by atoms with E-state index >= 15 is 0 Å². The SMILES string of the molecule is CC1(C)C(O)CC1NC1CC2CC2C1. The molecule has 4 atom stereocenters. The molecule has 3 aliphatic rings. The van der Waals surface area contributed by atoms with Gasteiger partial charge in [-0.3, -0.25) is 0 Å². The van der Waals surface area contributed by atoms with Gasteiger partial charge in [-0.2, -0.15) is 0 Å². The molecule has 0 amide bonds. The second kappa shape index (κ2) is 2.73. The van der Waals surface area contributed by atoms with Crippen molar-refractivity contribution in [3.8, 4) is 0 Å². The summed E-state index contributed by atoms with van der Waals surface area (Å²) in [6.45, 7) is 4.35. The van der Waals surface area contributed by atoms with Gasteiger partial charge in [-0.25, -0.2) is 0 Å². The fourth-order valence-electron chi connectivity index (χ4n) is 3.32. The normalized spacial score (nSPS) is 53.8. The van der Waals surface area contributed by atoms with Gasteiger partial charge in [-0.15, -0.1) is 0 Å². The van der Waals surface area contributed by atoms with Crippen molar-refractivity contribution in [2.75, 3.05) is 0 Å². The second-order valence-corrected chi connectivity index (χ2v) is 6.22. The third-order valence-corrected chi connectivity index (χ3v) is 4.90. The quantitative estimate of drug-likeness (QED) is 0.700. The van der Waals surface area contributed by atoms with Crippen LogP contribution >= 0.6 is 0 Å². The standard InChI is InChI=1S/C12H21NO/c1-12(2)10(6-11(12)14)13-9-4-7-3-8(7)5-9/h7-11,13-14H,3-6H2,1-2H3. The van der Waals surface area contributed by atoms with Crippen LogP contribution in [0.2, 0.25) is 0 Å². The van der Waals surface area contributed by atoms with E-state index in [9.17, 15) is 5.11 Å². The largest absolute Gasteiger partial charge is 0.392 e. The zero-order valence-electron chi connectivity index (χ0n) is 9.16. The highest BCUT2D eigenvalue weighted by Gasteiger charge is 2.51. The number of hydrogen-bond donors (Lipinski definition) is 2. The summed E-state index contributed by atoms with van der Waals surface area (Å²) in [5.41, 5.74) is 0.104. The Kier molecular flexibility index (Phi) is 1.79. The van der Waals surface area contributed by atoms with E-state index < -0.39 is 0 Å². The van der Waals surface area contributed by atoms with Crippen LogP contribution in [0.25, 0.3) is 0 Å². The van der Waals surface area contributed by atoms with Crippen molar-refractivity contribution in [1.29, 1.82) is 0 Å². The van der Waals surface area contributed by atoms with Gasteiger partial charge in [0, 0.05) is 17.5 Å². The topological polar surface area (TPSA) is 32.3 Å². The molecule has 3 aliphatic carbocycles. The van der Waals surface area contributed by atoms with Gasteiger partial charge in [0.15, 0.2) is 0 Å². The lowest BCUT2D eigenvalue weighted by atomic mass is 9.64. The van der Waals surface area contributed by atoms with Crippen molar-refractivity contribution >= 4 is 0 Å². The predicted octanol–water partition coefficient (Wildman–Crippen LogP) is 1.53. The average Bonchev–Trinajstić information content (AvgIpc) is 2.74. The summed E-state index contributed by atoms with van der Waals surface area (Å²) in [7, 11) is 0. The van der Waals surface area contributed by atoms with Crippen molar-refractivity contribution in [3.63, 3.8) is 0 Å². The number of fused-ring (bicyclic) bond motifs is 1. The Morgan fingerprint density at radius 2 is 1.71 bits per heavy atom.